The molecule has 2 atom stereocenters. The number of likely N-dealkylation sites (N-methyl/N-ethyl adjacent to an activating group) is 1. The minimum Gasteiger partial charge on any atom is -0.337 e. The Balaban J connectivity index is 2.02. The summed E-state index contributed by atoms with van der Waals surface area (Å²) in [5, 5.41) is 3.29. The Bertz CT molecular complexity index is 268. The van der Waals surface area contributed by atoms with E-state index < -0.39 is 0 Å². The quantitative estimate of drug-likeness (QED) is 0.785. The zero-order valence-corrected chi connectivity index (χ0v) is 11.6. The molecule has 1 N–H and O–H groups in total. The molecule has 1 amide bonds. The van der Waals surface area contributed by atoms with Crippen LogP contribution in [0.3, 0.4) is 0 Å². The van der Waals surface area contributed by atoms with Gasteiger partial charge in [0.25, 0.3) is 0 Å². The van der Waals surface area contributed by atoms with Crippen LogP contribution in [0.1, 0.15) is 19.8 Å². The molecule has 0 aromatic rings. The van der Waals surface area contributed by atoms with Crippen molar-refractivity contribution in [1.82, 2.24) is 15.1 Å². The van der Waals surface area contributed by atoms with Crippen molar-refractivity contribution in [2.75, 3.05) is 38.3 Å². The molecule has 2 unspecified atom stereocenters. The van der Waals surface area contributed by atoms with Gasteiger partial charge in [0.2, 0.25) is 5.91 Å². The summed E-state index contributed by atoms with van der Waals surface area (Å²) in [6.45, 7) is 5.22. The van der Waals surface area contributed by atoms with Gasteiger partial charge in [0.15, 0.2) is 0 Å². The predicted molar refractivity (Wildman–Crippen MR) is 72.2 cm³/mol. The molecule has 0 aromatic carbocycles. The lowest BCUT2D eigenvalue weighted by molar-refractivity contribution is -0.134. The lowest BCUT2D eigenvalue weighted by atomic mass is 10.1. The third-order valence-corrected chi connectivity index (χ3v) is 4.61. The van der Waals surface area contributed by atoms with E-state index in [-0.39, 0.29) is 6.04 Å². The van der Waals surface area contributed by atoms with Crippen LogP contribution in [0.2, 0.25) is 0 Å². The fraction of sp³-hybridized carbons (Fsp3) is 0.917. The van der Waals surface area contributed by atoms with E-state index in [1.165, 1.54) is 0 Å². The molecular formula is C12H23N3OS. The molecular weight excluding hydrogens is 234 g/mol. The fourth-order valence-corrected chi connectivity index (χ4v) is 3.57. The minimum absolute atomic E-state index is 0.0532. The summed E-state index contributed by atoms with van der Waals surface area (Å²) in [6, 6.07) is 0.444. The van der Waals surface area contributed by atoms with Gasteiger partial charge in [-0.05, 0) is 26.4 Å². The Morgan fingerprint density at radius 3 is 2.94 bits per heavy atom. The van der Waals surface area contributed by atoms with E-state index in [1.54, 1.807) is 0 Å². The first-order valence-electron chi connectivity index (χ1n) is 6.52. The second-order valence-corrected chi connectivity index (χ2v) is 6.01. The lowest BCUT2D eigenvalue weighted by Gasteiger charge is -2.32. The maximum atomic E-state index is 12.5. The van der Waals surface area contributed by atoms with Crippen LogP contribution in [0.4, 0.5) is 0 Å². The normalized spacial score (nSPS) is 31.5. The van der Waals surface area contributed by atoms with Crippen LogP contribution >= 0.6 is 11.8 Å². The average molecular weight is 257 g/mol. The zero-order chi connectivity index (χ0) is 12.3. The first-order chi connectivity index (χ1) is 8.22. The molecule has 0 radical (unpaired) electrons. The third-order valence-electron chi connectivity index (χ3n) is 3.67. The molecule has 0 aromatic heterocycles. The van der Waals surface area contributed by atoms with E-state index >= 15 is 0 Å². The van der Waals surface area contributed by atoms with Crippen LogP contribution in [-0.4, -0.2) is 66.1 Å². The Morgan fingerprint density at radius 1 is 1.47 bits per heavy atom. The summed E-state index contributed by atoms with van der Waals surface area (Å²) in [5.41, 5.74) is 0. The van der Waals surface area contributed by atoms with Crippen molar-refractivity contribution in [1.29, 1.82) is 0 Å². The van der Waals surface area contributed by atoms with Crippen molar-refractivity contribution >= 4 is 17.7 Å². The highest BCUT2D eigenvalue weighted by Gasteiger charge is 2.32. The second kappa shape index (κ2) is 6.07. The molecule has 2 saturated heterocycles. The highest BCUT2D eigenvalue weighted by atomic mass is 32.2. The Labute approximate surface area is 108 Å². The Hall–Kier alpha value is -0.260. The minimum atomic E-state index is 0.0532. The van der Waals surface area contributed by atoms with E-state index in [1.807, 2.05) is 11.8 Å². The second-order valence-electron chi connectivity index (χ2n) is 4.98. The van der Waals surface area contributed by atoms with Gasteiger partial charge in [-0.25, -0.2) is 0 Å². The molecule has 0 spiro atoms. The standard InChI is InChI=1S/C12H23N3OS/c1-3-10-7-14(2)5-4-6-15(10)12(16)11-8-17-9-13-11/h10-11,13H,3-9H2,1-2H3. The molecule has 2 aliphatic rings. The molecule has 2 heterocycles. The van der Waals surface area contributed by atoms with Crippen LogP contribution in [0, 0.1) is 0 Å². The largest absolute Gasteiger partial charge is 0.337 e. The summed E-state index contributed by atoms with van der Waals surface area (Å²) >= 11 is 1.82. The number of hydrogen-bond donors (Lipinski definition) is 1. The summed E-state index contributed by atoms with van der Waals surface area (Å²) in [6.07, 6.45) is 2.15. The van der Waals surface area contributed by atoms with Crippen LogP contribution in [0.5, 0.6) is 0 Å². The van der Waals surface area contributed by atoms with Crippen molar-refractivity contribution in [3.63, 3.8) is 0 Å². The van der Waals surface area contributed by atoms with E-state index in [9.17, 15) is 4.79 Å². The first-order valence-corrected chi connectivity index (χ1v) is 7.68. The fourth-order valence-electron chi connectivity index (χ4n) is 2.64. The number of nitrogens with zero attached hydrogens (tertiary/aromatic N) is 2. The summed E-state index contributed by atoms with van der Waals surface area (Å²) in [7, 11) is 2.15. The average Bonchev–Trinajstić information content (AvgIpc) is 2.78. The van der Waals surface area contributed by atoms with Crippen molar-refractivity contribution in [2.24, 2.45) is 0 Å². The molecule has 4 nitrogen and oxygen atoms in total. The SMILES string of the molecule is CCC1CN(C)CCCN1C(=O)C1CSCN1. The van der Waals surface area contributed by atoms with Gasteiger partial charge in [-0.15, -0.1) is 11.8 Å². The smallest absolute Gasteiger partial charge is 0.240 e. The maximum absolute atomic E-state index is 12.5. The zero-order valence-electron chi connectivity index (χ0n) is 10.8. The third kappa shape index (κ3) is 3.14. The first kappa shape index (κ1) is 13.2. The van der Waals surface area contributed by atoms with Gasteiger partial charge in [-0.2, -0.15) is 0 Å². The lowest BCUT2D eigenvalue weighted by Crippen LogP contribution is -2.51. The number of amides is 1. The van der Waals surface area contributed by atoms with Crippen LogP contribution < -0.4 is 5.32 Å². The Kier molecular flexibility index (Phi) is 4.70. The highest BCUT2D eigenvalue weighted by Crippen LogP contribution is 2.17. The predicted octanol–water partition coefficient (Wildman–Crippen LogP) is 0.592. The number of carbonyl (C=O) groups excluding carboxylic acids is 1. The van der Waals surface area contributed by atoms with E-state index in [4.69, 9.17) is 0 Å². The van der Waals surface area contributed by atoms with Crippen LogP contribution in [-0.2, 0) is 4.79 Å². The molecule has 0 saturated carbocycles. The van der Waals surface area contributed by atoms with Gasteiger partial charge >= 0.3 is 0 Å². The van der Waals surface area contributed by atoms with Gasteiger partial charge in [0.1, 0.15) is 0 Å². The topological polar surface area (TPSA) is 35.6 Å². The molecule has 2 aliphatic heterocycles. The van der Waals surface area contributed by atoms with Crippen LogP contribution in [0.15, 0.2) is 0 Å². The van der Waals surface area contributed by atoms with Crippen LogP contribution in [0.25, 0.3) is 0 Å². The summed E-state index contributed by atoms with van der Waals surface area (Å²) in [4.78, 5) is 16.9. The van der Waals surface area contributed by atoms with Gasteiger partial charge < -0.3 is 9.80 Å². The van der Waals surface area contributed by atoms with Crippen molar-refractivity contribution in [3.8, 4) is 0 Å². The molecule has 0 aliphatic carbocycles. The molecule has 5 heteroatoms. The van der Waals surface area contributed by atoms with Gasteiger partial charge in [-0.1, -0.05) is 6.92 Å². The number of nitrogens with one attached hydrogen (secondary N) is 1. The van der Waals surface area contributed by atoms with Crippen molar-refractivity contribution in [2.45, 2.75) is 31.8 Å². The molecule has 2 fully saturated rings. The molecule has 98 valence electrons. The number of hydrogen-bond acceptors (Lipinski definition) is 4. The summed E-state index contributed by atoms with van der Waals surface area (Å²) < 4.78 is 0. The number of thioether (sulfide) groups is 1. The van der Waals surface area contributed by atoms with Gasteiger partial charge in [-0.3, -0.25) is 10.1 Å². The molecule has 2 rings (SSSR count). The monoisotopic (exact) mass is 257 g/mol. The molecule has 0 bridgehead atoms. The van der Waals surface area contributed by atoms with E-state index in [0.717, 1.165) is 44.1 Å². The van der Waals surface area contributed by atoms with Gasteiger partial charge in [0, 0.05) is 30.8 Å². The number of rotatable bonds is 2. The van der Waals surface area contributed by atoms with E-state index in [2.05, 4.69) is 29.1 Å². The highest BCUT2D eigenvalue weighted by molar-refractivity contribution is 7.99. The van der Waals surface area contributed by atoms with Gasteiger partial charge in [0.05, 0.1) is 6.04 Å². The number of carbonyl (C=O) groups is 1. The van der Waals surface area contributed by atoms with Crippen molar-refractivity contribution < 1.29 is 4.79 Å². The van der Waals surface area contributed by atoms with E-state index in [0.29, 0.717) is 11.9 Å². The molecule has 17 heavy (non-hydrogen) atoms. The maximum Gasteiger partial charge on any atom is 0.240 e. The Morgan fingerprint density at radius 2 is 2.29 bits per heavy atom. The van der Waals surface area contributed by atoms with Crippen molar-refractivity contribution in [3.05, 3.63) is 0 Å². The summed E-state index contributed by atoms with van der Waals surface area (Å²) in [5.74, 6) is 2.17.